The molecular weight excluding hydrogens is 358 g/mol. The Morgan fingerprint density at radius 3 is 2.54 bits per heavy atom. The maximum absolute atomic E-state index is 12.2. The number of anilines is 1. The van der Waals surface area contributed by atoms with E-state index in [4.69, 9.17) is 4.74 Å². The number of rotatable bonds is 6. The highest BCUT2D eigenvalue weighted by atomic mass is 16.5. The topological polar surface area (TPSA) is 82.3 Å². The Morgan fingerprint density at radius 1 is 1.04 bits per heavy atom. The summed E-state index contributed by atoms with van der Waals surface area (Å²) >= 11 is 0. The van der Waals surface area contributed by atoms with Crippen molar-refractivity contribution < 1.29 is 9.53 Å². The Morgan fingerprint density at radius 2 is 1.75 bits per heavy atom. The first-order chi connectivity index (χ1) is 13.5. The van der Waals surface area contributed by atoms with Crippen LogP contribution in [-0.4, -0.2) is 21.6 Å². The highest BCUT2D eigenvalue weighted by Crippen LogP contribution is 2.19. The van der Waals surface area contributed by atoms with E-state index in [2.05, 4.69) is 5.32 Å². The van der Waals surface area contributed by atoms with Crippen molar-refractivity contribution in [3.05, 3.63) is 92.8 Å². The molecule has 3 aromatic rings. The first-order valence-electron chi connectivity index (χ1n) is 8.78. The van der Waals surface area contributed by atoms with Crippen LogP contribution in [0.4, 0.5) is 5.69 Å². The second kappa shape index (κ2) is 8.39. The number of aromatic nitrogens is 2. The second-order valence-electron chi connectivity index (χ2n) is 6.38. The Hall–Kier alpha value is -3.61. The number of benzene rings is 2. The van der Waals surface area contributed by atoms with Gasteiger partial charge in [0.15, 0.2) is 6.61 Å². The van der Waals surface area contributed by atoms with Crippen LogP contribution in [-0.2, 0) is 18.4 Å². The third kappa shape index (κ3) is 4.37. The van der Waals surface area contributed by atoms with Crippen LogP contribution in [0.25, 0.3) is 0 Å². The minimum atomic E-state index is -0.417. The van der Waals surface area contributed by atoms with Crippen LogP contribution in [0.3, 0.4) is 0 Å². The summed E-state index contributed by atoms with van der Waals surface area (Å²) in [7, 11) is 1.43. The molecule has 7 nitrogen and oxygen atoms in total. The third-order valence-electron chi connectivity index (χ3n) is 4.35. The predicted molar refractivity (Wildman–Crippen MR) is 107 cm³/mol. The molecule has 0 fully saturated rings. The number of aryl methyl sites for hydroxylation is 1. The molecule has 3 rings (SSSR count). The van der Waals surface area contributed by atoms with E-state index in [9.17, 15) is 14.4 Å². The summed E-state index contributed by atoms with van der Waals surface area (Å²) in [5.41, 5.74) is 1.65. The van der Waals surface area contributed by atoms with E-state index in [-0.39, 0.29) is 24.6 Å². The van der Waals surface area contributed by atoms with Gasteiger partial charge in [-0.3, -0.25) is 18.7 Å². The van der Waals surface area contributed by atoms with E-state index in [0.29, 0.717) is 5.75 Å². The van der Waals surface area contributed by atoms with Crippen LogP contribution < -0.4 is 21.3 Å². The van der Waals surface area contributed by atoms with Crippen molar-refractivity contribution in [2.45, 2.75) is 13.5 Å². The zero-order valence-electron chi connectivity index (χ0n) is 15.7. The van der Waals surface area contributed by atoms with E-state index in [1.807, 2.05) is 43.3 Å². The Kier molecular flexibility index (Phi) is 5.74. The number of amides is 1. The van der Waals surface area contributed by atoms with Crippen molar-refractivity contribution in [1.82, 2.24) is 9.13 Å². The van der Waals surface area contributed by atoms with Crippen molar-refractivity contribution in [2.75, 3.05) is 11.9 Å². The number of para-hydroxylation sites is 2. The highest BCUT2D eigenvalue weighted by Gasteiger charge is 2.10. The van der Waals surface area contributed by atoms with Crippen molar-refractivity contribution in [3.63, 3.8) is 0 Å². The molecule has 0 unspecified atom stereocenters. The summed E-state index contributed by atoms with van der Waals surface area (Å²) < 4.78 is 8.14. The van der Waals surface area contributed by atoms with Gasteiger partial charge in [-0.05, 0) is 24.6 Å². The van der Waals surface area contributed by atoms with Gasteiger partial charge in [0.2, 0.25) is 0 Å². The Bertz CT molecular complexity index is 1110. The predicted octanol–water partition coefficient (Wildman–Crippen LogP) is 1.92. The van der Waals surface area contributed by atoms with Gasteiger partial charge >= 0.3 is 5.69 Å². The van der Waals surface area contributed by atoms with Gasteiger partial charge in [-0.1, -0.05) is 36.4 Å². The van der Waals surface area contributed by atoms with E-state index < -0.39 is 5.69 Å². The van der Waals surface area contributed by atoms with Gasteiger partial charge in [-0.2, -0.15) is 0 Å². The second-order valence-corrected chi connectivity index (χ2v) is 6.38. The molecule has 1 amide bonds. The number of carbonyl (C=O) groups excluding carboxylic acids is 1. The number of nitrogens with zero attached hydrogens (tertiary/aromatic N) is 2. The summed E-state index contributed by atoms with van der Waals surface area (Å²) in [5, 5.41) is 2.82. The molecule has 1 aromatic heterocycles. The number of ether oxygens (including phenoxy) is 1. The van der Waals surface area contributed by atoms with Crippen LogP contribution in [0.5, 0.6) is 5.75 Å². The van der Waals surface area contributed by atoms with Gasteiger partial charge in [-0.25, -0.2) is 4.79 Å². The number of hydrogen-bond donors (Lipinski definition) is 1. The fourth-order valence-electron chi connectivity index (χ4n) is 2.74. The molecule has 1 heterocycles. The molecule has 0 aliphatic carbocycles. The molecule has 0 aliphatic rings. The zero-order chi connectivity index (χ0) is 20.1. The SMILES string of the molecule is Cc1ccccc1NC(=O)COc1ccccc1Cn1ccc(=O)n(C)c1=O. The Labute approximate surface area is 161 Å². The minimum absolute atomic E-state index is 0.159. The minimum Gasteiger partial charge on any atom is -0.483 e. The van der Waals surface area contributed by atoms with Crippen LogP contribution in [0.1, 0.15) is 11.1 Å². The lowest BCUT2D eigenvalue weighted by Crippen LogP contribution is -2.37. The van der Waals surface area contributed by atoms with Crippen LogP contribution >= 0.6 is 0 Å². The van der Waals surface area contributed by atoms with Crippen LogP contribution in [0.15, 0.2) is 70.4 Å². The van der Waals surface area contributed by atoms with E-state index in [1.54, 1.807) is 12.1 Å². The number of nitrogens with one attached hydrogen (secondary N) is 1. The average Bonchev–Trinajstić information content (AvgIpc) is 2.69. The molecule has 0 saturated carbocycles. The Balaban J connectivity index is 1.72. The van der Waals surface area contributed by atoms with Gasteiger partial charge in [0, 0.05) is 30.6 Å². The standard InChI is InChI=1S/C21H21N3O4/c1-15-7-3-5-9-17(15)22-19(25)14-28-18-10-6-4-8-16(18)13-24-12-11-20(26)23(2)21(24)27/h3-12H,13-14H2,1-2H3,(H,22,25). The fourth-order valence-corrected chi connectivity index (χ4v) is 2.74. The molecule has 0 bridgehead atoms. The highest BCUT2D eigenvalue weighted by molar-refractivity contribution is 5.92. The maximum Gasteiger partial charge on any atom is 0.331 e. The third-order valence-corrected chi connectivity index (χ3v) is 4.35. The molecule has 2 aromatic carbocycles. The van der Waals surface area contributed by atoms with Gasteiger partial charge < -0.3 is 10.1 Å². The zero-order valence-corrected chi connectivity index (χ0v) is 15.7. The molecule has 0 spiro atoms. The lowest BCUT2D eigenvalue weighted by atomic mass is 10.2. The average molecular weight is 379 g/mol. The van der Waals surface area contributed by atoms with Crippen LogP contribution in [0, 0.1) is 6.92 Å². The van der Waals surface area contributed by atoms with E-state index in [1.165, 1.54) is 23.9 Å². The first-order valence-corrected chi connectivity index (χ1v) is 8.78. The van der Waals surface area contributed by atoms with E-state index in [0.717, 1.165) is 21.4 Å². The van der Waals surface area contributed by atoms with Crippen molar-refractivity contribution in [2.24, 2.45) is 7.05 Å². The summed E-state index contributed by atoms with van der Waals surface area (Å²) in [6.45, 7) is 1.98. The normalized spacial score (nSPS) is 10.5. The molecular formula is C21H21N3O4. The molecule has 144 valence electrons. The smallest absolute Gasteiger partial charge is 0.331 e. The quantitative estimate of drug-likeness (QED) is 0.709. The molecule has 0 atom stereocenters. The lowest BCUT2D eigenvalue weighted by molar-refractivity contribution is -0.118. The molecule has 7 heteroatoms. The monoisotopic (exact) mass is 379 g/mol. The maximum atomic E-state index is 12.2. The lowest BCUT2D eigenvalue weighted by Gasteiger charge is -2.13. The van der Waals surface area contributed by atoms with Gasteiger partial charge in [0.25, 0.3) is 11.5 Å². The fraction of sp³-hybridized carbons (Fsp3) is 0.190. The summed E-state index contributed by atoms with van der Waals surface area (Å²) in [4.78, 5) is 36.0. The molecule has 0 aliphatic heterocycles. The van der Waals surface area contributed by atoms with Gasteiger partial charge in [-0.15, -0.1) is 0 Å². The van der Waals surface area contributed by atoms with Crippen molar-refractivity contribution >= 4 is 11.6 Å². The summed E-state index contributed by atoms with van der Waals surface area (Å²) in [6.07, 6.45) is 1.45. The molecule has 1 N–H and O–H groups in total. The van der Waals surface area contributed by atoms with Crippen molar-refractivity contribution in [3.8, 4) is 5.75 Å². The molecule has 0 radical (unpaired) electrons. The largest absolute Gasteiger partial charge is 0.483 e. The molecule has 0 saturated heterocycles. The van der Waals surface area contributed by atoms with Gasteiger partial charge in [0.1, 0.15) is 5.75 Å². The summed E-state index contributed by atoms with van der Waals surface area (Å²) in [5.74, 6) is 0.228. The van der Waals surface area contributed by atoms with Gasteiger partial charge in [0.05, 0.1) is 6.54 Å². The van der Waals surface area contributed by atoms with E-state index >= 15 is 0 Å². The van der Waals surface area contributed by atoms with Crippen LogP contribution in [0.2, 0.25) is 0 Å². The van der Waals surface area contributed by atoms with Crippen molar-refractivity contribution in [1.29, 1.82) is 0 Å². The first kappa shape index (κ1) is 19.2. The number of hydrogen-bond acceptors (Lipinski definition) is 4. The number of carbonyl (C=O) groups is 1. The summed E-state index contributed by atoms with van der Waals surface area (Å²) in [6, 6.07) is 16.0. The molecule has 28 heavy (non-hydrogen) atoms.